The minimum absolute atomic E-state index is 0.000182. The molecule has 2 heterocycles. The van der Waals surface area contributed by atoms with Crippen molar-refractivity contribution in [2.24, 2.45) is 0 Å². The number of amides is 3. The Morgan fingerprint density at radius 3 is 2.44 bits per heavy atom. The van der Waals surface area contributed by atoms with Crippen LogP contribution in [-0.4, -0.2) is 35.2 Å². The van der Waals surface area contributed by atoms with Gasteiger partial charge in [-0.3, -0.25) is 19.3 Å². The van der Waals surface area contributed by atoms with Crippen LogP contribution in [-0.2, 0) is 16.1 Å². The first-order valence-corrected chi connectivity index (χ1v) is 10.0. The summed E-state index contributed by atoms with van der Waals surface area (Å²) < 4.78 is 10.3. The van der Waals surface area contributed by atoms with Crippen LogP contribution in [0.25, 0.3) is 0 Å². The fraction of sp³-hybridized carbons (Fsp3) is 0.167. The molecule has 0 fully saturated rings. The number of rotatable bonds is 7. The fourth-order valence-corrected chi connectivity index (χ4v) is 3.50. The Bertz CT molecular complexity index is 1170. The minimum atomic E-state index is -1.01. The standard InChI is InChI=1S/C24H20N2O6/c1-2-31-24(30)20(15-7-4-3-5-8-15)25-21(27)16-10-11-18-19(13-16)23(29)26(22(18)28)14-17-9-6-12-32-17/h3-13,20H,2,14H2,1H3,(H,25,27)/t20-/m1/s1. The van der Waals surface area contributed by atoms with E-state index in [0.717, 1.165) is 4.90 Å². The molecule has 4 rings (SSSR count). The lowest BCUT2D eigenvalue weighted by Gasteiger charge is -2.18. The first kappa shape index (κ1) is 21.0. The molecule has 1 aliphatic rings. The molecule has 0 bridgehead atoms. The van der Waals surface area contributed by atoms with Gasteiger partial charge in [-0.25, -0.2) is 4.79 Å². The maximum absolute atomic E-state index is 12.9. The maximum Gasteiger partial charge on any atom is 0.333 e. The van der Waals surface area contributed by atoms with E-state index in [1.807, 2.05) is 0 Å². The van der Waals surface area contributed by atoms with Crippen LogP contribution in [0.3, 0.4) is 0 Å². The zero-order valence-corrected chi connectivity index (χ0v) is 17.2. The van der Waals surface area contributed by atoms with Gasteiger partial charge < -0.3 is 14.5 Å². The number of furan rings is 1. The smallest absolute Gasteiger partial charge is 0.333 e. The Balaban J connectivity index is 1.57. The summed E-state index contributed by atoms with van der Waals surface area (Å²) in [7, 11) is 0. The third kappa shape index (κ3) is 4.02. The third-order valence-electron chi connectivity index (χ3n) is 5.06. The van der Waals surface area contributed by atoms with E-state index in [0.29, 0.717) is 11.3 Å². The van der Waals surface area contributed by atoms with Gasteiger partial charge in [0.25, 0.3) is 17.7 Å². The fourth-order valence-electron chi connectivity index (χ4n) is 3.50. The number of hydrogen-bond acceptors (Lipinski definition) is 6. The second-order valence-electron chi connectivity index (χ2n) is 7.11. The summed E-state index contributed by atoms with van der Waals surface area (Å²) in [6, 6.07) is 15.3. The summed E-state index contributed by atoms with van der Waals surface area (Å²) in [5.74, 6) is -1.66. The van der Waals surface area contributed by atoms with Gasteiger partial charge in [-0.2, -0.15) is 0 Å². The van der Waals surface area contributed by atoms with Gasteiger partial charge in [0, 0.05) is 5.56 Å². The maximum atomic E-state index is 12.9. The normalized spacial score (nSPS) is 13.6. The molecule has 0 saturated heterocycles. The zero-order chi connectivity index (χ0) is 22.7. The summed E-state index contributed by atoms with van der Waals surface area (Å²) in [5.41, 5.74) is 1.05. The van der Waals surface area contributed by atoms with Gasteiger partial charge in [0.05, 0.1) is 30.5 Å². The molecule has 32 heavy (non-hydrogen) atoms. The number of fused-ring (bicyclic) bond motifs is 1. The van der Waals surface area contributed by atoms with E-state index in [1.54, 1.807) is 49.4 Å². The molecule has 1 aliphatic heterocycles. The number of ether oxygens (including phenoxy) is 1. The van der Waals surface area contributed by atoms with Gasteiger partial charge in [-0.1, -0.05) is 30.3 Å². The molecule has 8 nitrogen and oxygen atoms in total. The van der Waals surface area contributed by atoms with Crippen LogP contribution in [0.2, 0.25) is 0 Å². The molecule has 162 valence electrons. The van der Waals surface area contributed by atoms with Gasteiger partial charge in [-0.15, -0.1) is 0 Å². The predicted octanol–water partition coefficient (Wildman–Crippen LogP) is 3.11. The average Bonchev–Trinajstić information content (AvgIpc) is 3.41. The summed E-state index contributed by atoms with van der Waals surface area (Å²) in [4.78, 5) is 51.9. The molecule has 1 atom stereocenters. The van der Waals surface area contributed by atoms with Crippen LogP contribution in [0.15, 0.2) is 71.3 Å². The van der Waals surface area contributed by atoms with E-state index in [-0.39, 0.29) is 29.8 Å². The van der Waals surface area contributed by atoms with E-state index in [1.165, 1.54) is 24.5 Å². The molecule has 8 heteroatoms. The monoisotopic (exact) mass is 432 g/mol. The molecule has 3 amide bonds. The predicted molar refractivity (Wildman–Crippen MR) is 113 cm³/mol. The number of hydrogen-bond donors (Lipinski definition) is 1. The lowest BCUT2D eigenvalue weighted by atomic mass is 10.0. The summed E-state index contributed by atoms with van der Waals surface area (Å²) in [6.45, 7) is 1.85. The highest BCUT2D eigenvalue weighted by atomic mass is 16.5. The van der Waals surface area contributed by atoms with Gasteiger partial charge >= 0.3 is 5.97 Å². The first-order chi connectivity index (χ1) is 15.5. The van der Waals surface area contributed by atoms with Crippen molar-refractivity contribution in [2.45, 2.75) is 19.5 Å². The summed E-state index contributed by atoms with van der Waals surface area (Å²) >= 11 is 0. The second kappa shape index (κ2) is 8.89. The van der Waals surface area contributed by atoms with Gasteiger partial charge in [0.1, 0.15) is 5.76 Å². The van der Waals surface area contributed by atoms with E-state index >= 15 is 0 Å². The molecule has 0 radical (unpaired) electrons. The van der Waals surface area contributed by atoms with Crippen LogP contribution >= 0.6 is 0 Å². The molecule has 2 aromatic carbocycles. The molecule has 0 aliphatic carbocycles. The quantitative estimate of drug-likeness (QED) is 0.454. The summed E-state index contributed by atoms with van der Waals surface area (Å²) in [5, 5.41) is 2.66. The average molecular weight is 432 g/mol. The van der Waals surface area contributed by atoms with Gasteiger partial charge in [0.15, 0.2) is 6.04 Å². The molecule has 0 unspecified atom stereocenters. The highest BCUT2D eigenvalue weighted by Crippen LogP contribution is 2.26. The SMILES string of the molecule is CCOC(=O)[C@H](NC(=O)c1ccc2c(c1)C(=O)N(Cc1ccco1)C2=O)c1ccccc1. The Morgan fingerprint density at radius 1 is 1.00 bits per heavy atom. The van der Waals surface area contributed by atoms with Crippen LogP contribution < -0.4 is 5.32 Å². The number of nitrogens with zero attached hydrogens (tertiary/aromatic N) is 1. The van der Waals surface area contributed by atoms with Crippen molar-refractivity contribution >= 4 is 23.7 Å². The molecule has 3 aromatic rings. The lowest BCUT2D eigenvalue weighted by molar-refractivity contribution is -0.145. The van der Waals surface area contributed by atoms with E-state index < -0.39 is 29.7 Å². The number of carbonyl (C=O) groups excluding carboxylic acids is 4. The highest BCUT2D eigenvalue weighted by Gasteiger charge is 2.36. The topological polar surface area (TPSA) is 106 Å². The van der Waals surface area contributed by atoms with Crippen molar-refractivity contribution in [3.05, 3.63) is 94.9 Å². The Kier molecular flexibility index (Phi) is 5.85. The molecule has 0 spiro atoms. The van der Waals surface area contributed by atoms with Crippen LogP contribution in [0.5, 0.6) is 0 Å². The van der Waals surface area contributed by atoms with Crippen molar-refractivity contribution in [2.75, 3.05) is 6.61 Å². The molecule has 0 saturated carbocycles. The summed E-state index contributed by atoms with van der Waals surface area (Å²) in [6.07, 6.45) is 1.46. The second-order valence-corrected chi connectivity index (χ2v) is 7.11. The van der Waals surface area contributed by atoms with E-state index in [9.17, 15) is 19.2 Å². The number of carbonyl (C=O) groups is 4. The lowest BCUT2D eigenvalue weighted by Crippen LogP contribution is -2.35. The first-order valence-electron chi connectivity index (χ1n) is 10.0. The number of imide groups is 1. The van der Waals surface area contributed by atoms with E-state index in [4.69, 9.17) is 9.15 Å². The molecule has 1 aromatic heterocycles. The molecule has 1 N–H and O–H groups in total. The highest BCUT2D eigenvalue weighted by molar-refractivity contribution is 6.22. The third-order valence-corrected chi connectivity index (χ3v) is 5.06. The minimum Gasteiger partial charge on any atom is -0.467 e. The number of benzene rings is 2. The Morgan fingerprint density at radius 2 is 1.75 bits per heavy atom. The largest absolute Gasteiger partial charge is 0.467 e. The van der Waals surface area contributed by atoms with Crippen molar-refractivity contribution in [1.82, 2.24) is 10.2 Å². The van der Waals surface area contributed by atoms with Crippen molar-refractivity contribution < 1.29 is 28.3 Å². The Hall–Kier alpha value is -4.20. The van der Waals surface area contributed by atoms with Crippen molar-refractivity contribution in [3.8, 4) is 0 Å². The van der Waals surface area contributed by atoms with E-state index in [2.05, 4.69) is 5.32 Å². The van der Waals surface area contributed by atoms with Crippen LogP contribution in [0.4, 0.5) is 0 Å². The number of nitrogens with one attached hydrogen (secondary N) is 1. The molecular weight excluding hydrogens is 412 g/mol. The number of esters is 1. The van der Waals surface area contributed by atoms with Crippen LogP contribution in [0.1, 0.15) is 55.4 Å². The van der Waals surface area contributed by atoms with Crippen molar-refractivity contribution in [3.63, 3.8) is 0 Å². The van der Waals surface area contributed by atoms with Gasteiger partial charge in [-0.05, 0) is 42.8 Å². The molecular formula is C24H20N2O6. The van der Waals surface area contributed by atoms with Crippen LogP contribution in [0, 0.1) is 0 Å². The Labute approximate surface area is 183 Å². The van der Waals surface area contributed by atoms with Gasteiger partial charge in [0.2, 0.25) is 0 Å². The van der Waals surface area contributed by atoms with Crippen molar-refractivity contribution in [1.29, 1.82) is 0 Å². The zero-order valence-electron chi connectivity index (χ0n) is 17.2.